The molecular weight excluding hydrogens is 240 g/mol. The molecule has 1 aromatic heterocycles. The van der Waals surface area contributed by atoms with Crippen molar-refractivity contribution < 1.29 is 4.74 Å². The van der Waals surface area contributed by atoms with E-state index >= 15 is 0 Å². The van der Waals surface area contributed by atoms with Gasteiger partial charge in [-0.05, 0) is 13.3 Å². The molecule has 0 aliphatic carbocycles. The number of aromatic nitrogens is 2. The molecule has 1 saturated heterocycles. The van der Waals surface area contributed by atoms with Gasteiger partial charge in [0, 0.05) is 26.7 Å². The number of nitrogens with one attached hydrogen (secondary N) is 1. The Labute approximate surface area is 106 Å². The molecule has 5 nitrogen and oxygen atoms in total. The van der Waals surface area contributed by atoms with Gasteiger partial charge >= 0.3 is 0 Å². The molecule has 17 heavy (non-hydrogen) atoms. The van der Waals surface area contributed by atoms with Crippen molar-refractivity contribution in [2.45, 2.75) is 19.4 Å². The highest BCUT2D eigenvalue weighted by atomic mass is 35.5. The zero-order valence-electron chi connectivity index (χ0n) is 10.1. The Morgan fingerprint density at radius 3 is 3.18 bits per heavy atom. The number of ether oxygens (including phenoxy) is 1. The third kappa shape index (κ3) is 2.98. The fraction of sp³-hybridized carbons (Fsp3) is 0.636. The summed E-state index contributed by atoms with van der Waals surface area (Å²) in [7, 11) is 1.79. The highest BCUT2D eigenvalue weighted by molar-refractivity contribution is 6.32. The van der Waals surface area contributed by atoms with Crippen molar-refractivity contribution in [3.8, 4) is 0 Å². The van der Waals surface area contributed by atoms with Gasteiger partial charge in [0.1, 0.15) is 5.02 Å². The highest BCUT2D eigenvalue weighted by Crippen LogP contribution is 2.25. The van der Waals surface area contributed by atoms with E-state index in [4.69, 9.17) is 16.3 Å². The number of halogens is 1. The van der Waals surface area contributed by atoms with E-state index in [9.17, 15) is 0 Å². The van der Waals surface area contributed by atoms with E-state index in [1.54, 1.807) is 13.2 Å². The van der Waals surface area contributed by atoms with Gasteiger partial charge in [0.2, 0.25) is 5.95 Å². The standard InChI is InChI=1S/C11H17ClN4O/c1-8-7-16(4-3-5-17-8)10-9(12)6-14-11(13-2)15-10/h6,8H,3-5,7H2,1-2H3,(H,13,14,15). The molecule has 1 fully saturated rings. The summed E-state index contributed by atoms with van der Waals surface area (Å²) in [6.45, 7) is 4.57. The van der Waals surface area contributed by atoms with Crippen molar-refractivity contribution in [1.82, 2.24) is 9.97 Å². The fourth-order valence-electron chi connectivity index (χ4n) is 1.89. The molecule has 2 heterocycles. The van der Waals surface area contributed by atoms with Crippen molar-refractivity contribution in [3.63, 3.8) is 0 Å². The van der Waals surface area contributed by atoms with Crippen LogP contribution in [0.5, 0.6) is 0 Å². The minimum atomic E-state index is 0.196. The Balaban J connectivity index is 2.24. The topological polar surface area (TPSA) is 50.3 Å². The predicted octanol–water partition coefficient (Wildman–Crippen LogP) is 1.79. The molecule has 0 aromatic carbocycles. The van der Waals surface area contributed by atoms with Crippen LogP contribution in [-0.4, -0.2) is 42.8 Å². The number of hydrogen-bond acceptors (Lipinski definition) is 5. The summed E-state index contributed by atoms with van der Waals surface area (Å²) < 4.78 is 5.61. The first-order valence-corrected chi connectivity index (χ1v) is 6.15. The quantitative estimate of drug-likeness (QED) is 0.874. The van der Waals surface area contributed by atoms with Gasteiger partial charge in [-0.3, -0.25) is 0 Å². The van der Waals surface area contributed by atoms with E-state index < -0.39 is 0 Å². The third-order valence-electron chi connectivity index (χ3n) is 2.70. The lowest BCUT2D eigenvalue weighted by atomic mass is 10.3. The van der Waals surface area contributed by atoms with Gasteiger partial charge in [-0.1, -0.05) is 11.6 Å². The molecule has 0 saturated carbocycles. The molecule has 1 N–H and O–H groups in total. The summed E-state index contributed by atoms with van der Waals surface area (Å²) in [6.07, 6.45) is 2.81. The van der Waals surface area contributed by atoms with Crippen molar-refractivity contribution in [2.75, 3.05) is 37.0 Å². The van der Waals surface area contributed by atoms with Crippen LogP contribution in [0.25, 0.3) is 0 Å². The Kier molecular flexibility index (Phi) is 4.02. The summed E-state index contributed by atoms with van der Waals surface area (Å²) in [5.74, 6) is 1.37. The van der Waals surface area contributed by atoms with Gasteiger partial charge in [0.05, 0.1) is 12.3 Å². The Morgan fingerprint density at radius 1 is 1.59 bits per heavy atom. The summed E-state index contributed by atoms with van der Waals surface area (Å²) in [4.78, 5) is 10.6. The largest absolute Gasteiger partial charge is 0.377 e. The maximum atomic E-state index is 6.15. The molecule has 1 aliphatic rings. The second-order valence-electron chi connectivity index (χ2n) is 4.10. The Bertz CT molecular complexity index is 388. The Morgan fingerprint density at radius 2 is 2.41 bits per heavy atom. The summed E-state index contributed by atoms with van der Waals surface area (Å²) in [5, 5.41) is 3.50. The lowest BCUT2D eigenvalue weighted by Crippen LogP contribution is -2.31. The van der Waals surface area contributed by atoms with Crippen LogP contribution < -0.4 is 10.2 Å². The lowest BCUT2D eigenvalue weighted by Gasteiger charge is -2.24. The van der Waals surface area contributed by atoms with E-state index in [1.807, 2.05) is 0 Å². The van der Waals surface area contributed by atoms with Gasteiger partial charge in [0.25, 0.3) is 0 Å². The maximum Gasteiger partial charge on any atom is 0.224 e. The molecule has 6 heteroatoms. The number of hydrogen-bond donors (Lipinski definition) is 1. The SMILES string of the molecule is CNc1ncc(Cl)c(N2CCCOC(C)C2)n1. The third-order valence-corrected chi connectivity index (χ3v) is 2.97. The van der Waals surface area contributed by atoms with E-state index in [2.05, 4.69) is 27.1 Å². The average molecular weight is 257 g/mol. The van der Waals surface area contributed by atoms with Crippen molar-refractivity contribution in [2.24, 2.45) is 0 Å². The first kappa shape index (κ1) is 12.4. The summed E-state index contributed by atoms with van der Waals surface area (Å²) in [5.41, 5.74) is 0. The second kappa shape index (κ2) is 5.51. The molecular formula is C11H17ClN4O. The second-order valence-corrected chi connectivity index (χ2v) is 4.50. The van der Waals surface area contributed by atoms with Gasteiger partial charge in [-0.2, -0.15) is 4.98 Å². The normalized spacial score (nSPS) is 21.1. The van der Waals surface area contributed by atoms with E-state index in [0.29, 0.717) is 11.0 Å². The summed E-state index contributed by atoms with van der Waals surface area (Å²) >= 11 is 6.15. The molecule has 1 unspecified atom stereocenters. The number of anilines is 2. The molecule has 0 amide bonds. The molecule has 1 aromatic rings. The van der Waals surface area contributed by atoms with Crippen LogP contribution in [0.2, 0.25) is 5.02 Å². The van der Waals surface area contributed by atoms with E-state index in [-0.39, 0.29) is 6.10 Å². The van der Waals surface area contributed by atoms with Crippen LogP contribution in [0.3, 0.4) is 0 Å². The van der Waals surface area contributed by atoms with E-state index in [0.717, 1.165) is 31.9 Å². The van der Waals surface area contributed by atoms with Crippen molar-refractivity contribution in [3.05, 3.63) is 11.2 Å². The Hall–Kier alpha value is -1.07. The van der Waals surface area contributed by atoms with Gasteiger partial charge in [-0.15, -0.1) is 0 Å². The van der Waals surface area contributed by atoms with Crippen molar-refractivity contribution in [1.29, 1.82) is 0 Å². The van der Waals surface area contributed by atoms with Crippen LogP contribution in [-0.2, 0) is 4.74 Å². The van der Waals surface area contributed by atoms with Gasteiger partial charge < -0.3 is 15.0 Å². The molecule has 2 rings (SSSR count). The molecule has 1 aliphatic heterocycles. The van der Waals surface area contributed by atoms with Crippen LogP contribution >= 0.6 is 11.6 Å². The van der Waals surface area contributed by atoms with Crippen LogP contribution in [0.4, 0.5) is 11.8 Å². The lowest BCUT2D eigenvalue weighted by molar-refractivity contribution is 0.0820. The smallest absolute Gasteiger partial charge is 0.224 e. The predicted molar refractivity (Wildman–Crippen MR) is 68.8 cm³/mol. The average Bonchev–Trinajstić information content (AvgIpc) is 2.54. The molecule has 0 spiro atoms. The maximum absolute atomic E-state index is 6.15. The minimum absolute atomic E-state index is 0.196. The highest BCUT2D eigenvalue weighted by Gasteiger charge is 2.19. The summed E-state index contributed by atoms with van der Waals surface area (Å²) in [6, 6.07) is 0. The molecule has 94 valence electrons. The van der Waals surface area contributed by atoms with Gasteiger partial charge in [0.15, 0.2) is 5.82 Å². The number of nitrogens with zero attached hydrogens (tertiary/aromatic N) is 3. The molecule has 0 radical (unpaired) electrons. The zero-order chi connectivity index (χ0) is 12.3. The first-order chi connectivity index (χ1) is 8.20. The number of rotatable bonds is 2. The minimum Gasteiger partial charge on any atom is -0.377 e. The fourth-order valence-corrected chi connectivity index (χ4v) is 2.10. The molecule has 1 atom stereocenters. The van der Waals surface area contributed by atoms with Gasteiger partial charge in [-0.25, -0.2) is 4.98 Å². The van der Waals surface area contributed by atoms with Crippen LogP contribution in [0.1, 0.15) is 13.3 Å². The first-order valence-electron chi connectivity index (χ1n) is 5.77. The van der Waals surface area contributed by atoms with Crippen molar-refractivity contribution >= 4 is 23.4 Å². The molecule has 0 bridgehead atoms. The monoisotopic (exact) mass is 256 g/mol. The zero-order valence-corrected chi connectivity index (χ0v) is 10.9. The van der Waals surface area contributed by atoms with E-state index in [1.165, 1.54) is 0 Å². The van der Waals surface area contributed by atoms with Crippen LogP contribution in [0, 0.1) is 0 Å². The van der Waals surface area contributed by atoms with Crippen LogP contribution in [0.15, 0.2) is 6.20 Å².